The van der Waals surface area contributed by atoms with Gasteiger partial charge in [0, 0.05) is 65.0 Å². The van der Waals surface area contributed by atoms with E-state index in [1.807, 2.05) is 44.5 Å². The molecule has 0 radical (unpaired) electrons. The smallest absolute Gasteiger partial charge is 0.481 e. The summed E-state index contributed by atoms with van der Waals surface area (Å²) in [7, 11) is -3.26. The van der Waals surface area contributed by atoms with E-state index in [-0.39, 0.29) is 92.2 Å². The number of amides is 2. The average molecular weight is 1210 g/mol. The van der Waals surface area contributed by atoms with E-state index in [9.17, 15) is 49.9 Å². The maximum atomic E-state index is 13.2. The zero-order chi connectivity index (χ0) is 64.9. The maximum absolute atomic E-state index is 13.2. The molecule has 492 valence electrons. The van der Waals surface area contributed by atoms with Crippen LogP contribution in [-0.2, 0) is 24.4 Å². The van der Waals surface area contributed by atoms with Gasteiger partial charge in [-0.2, -0.15) is 17.5 Å². The van der Waals surface area contributed by atoms with E-state index in [1.54, 1.807) is 0 Å². The normalized spacial score (nSPS) is 30.0. The number of aliphatic hydroxyl groups excluding tert-OH is 1. The SMILES string of the molecule is CC(C)C1CC(F)(F)CC1C(C)C.CC(C)C1CC(O)CC1C(C)C.CC(C)C1CC1C(C)C.CC(C)C1CN(C(=O)CCC(=O)O)CC1C(C)C.CC(C)C1CN(C)C(=O)C1C(C)C.CC(C)C1CN(S(=O)(=O)C(F)(F)F)CC1C(C)C. The van der Waals surface area contributed by atoms with Crippen molar-refractivity contribution in [3.8, 4) is 0 Å². The van der Waals surface area contributed by atoms with E-state index >= 15 is 0 Å². The molecule has 3 heterocycles. The van der Waals surface area contributed by atoms with Crippen molar-refractivity contribution in [3.63, 3.8) is 0 Å². The number of halogens is 5. The molecule has 0 aromatic heterocycles. The predicted molar refractivity (Wildman–Crippen MR) is 332 cm³/mol. The second kappa shape index (κ2) is 34.1. The van der Waals surface area contributed by atoms with Crippen molar-refractivity contribution in [1.82, 2.24) is 14.1 Å². The average Bonchev–Trinajstić information content (AvgIpc) is 3.78. The number of hydrogen-bond acceptors (Lipinski definition) is 6. The number of carbonyl (C=O) groups excluding carboxylic acids is 2. The number of carboxylic acid groups (broad SMARTS) is 1. The van der Waals surface area contributed by atoms with Crippen LogP contribution < -0.4 is 0 Å². The zero-order valence-corrected chi connectivity index (χ0v) is 57.8. The Labute approximate surface area is 505 Å². The molecule has 83 heavy (non-hydrogen) atoms. The summed E-state index contributed by atoms with van der Waals surface area (Å²) in [6.07, 6.45) is 3.81. The number of sulfonamides is 1. The number of carboxylic acids is 1. The second-order valence-electron chi connectivity index (χ2n) is 30.6. The molecule has 3 aliphatic carbocycles. The number of rotatable bonds is 16. The van der Waals surface area contributed by atoms with Gasteiger partial charge in [0.25, 0.3) is 0 Å². The maximum Gasteiger partial charge on any atom is 0.511 e. The fourth-order valence-corrected chi connectivity index (χ4v) is 15.7. The van der Waals surface area contributed by atoms with E-state index in [4.69, 9.17) is 5.11 Å². The van der Waals surface area contributed by atoms with Gasteiger partial charge in [0.15, 0.2) is 0 Å². The summed E-state index contributed by atoms with van der Waals surface area (Å²) >= 11 is 0. The van der Waals surface area contributed by atoms with Crippen molar-refractivity contribution < 1.29 is 55.0 Å². The summed E-state index contributed by atoms with van der Waals surface area (Å²) in [5, 5.41) is 18.2. The van der Waals surface area contributed by atoms with Crippen molar-refractivity contribution in [2.45, 2.75) is 229 Å². The lowest BCUT2D eigenvalue weighted by atomic mass is 9.79. The first-order valence-corrected chi connectivity index (χ1v) is 34.0. The zero-order valence-electron chi connectivity index (χ0n) is 57.0. The van der Waals surface area contributed by atoms with Crippen LogP contribution >= 0.6 is 0 Å². The molecule has 3 saturated heterocycles. The first kappa shape index (κ1) is 78.9. The van der Waals surface area contributed by atoms with Gasteiger partial charge in [-0.15, -0.1) is 0 Å². The third-order valence-corrected chi connectivity index (χ3v) is 21.8. The number of alkyl halides is 5. The molecule has 0 aromatic carbocycles. The molecule has 0 aromatic rings. The Kier molecular flexibility index (Phi) is 32.4. The van der Waals surface area contributed by atoms with Crippen molar-refractivity contribution in [1.29, 1.82) is 0 Å². The minimum Gasteiger partial charge on any atom is -0.481 e. The van der Waals surface area contributed by atoms with E-state index in [0.29, 0.717) is 63.5 Å². The van der Waals surface area contributed by atoms with Crippen LogP contribution in [0, 0.1) is 142 Å². The first-order chi connectivity index (χ1) is 37.7. The summed E-state index contributed by atoms with van der Waals surface area (Å²) in [4.78, 5) is 38.0. The van der Waals surface area contributed by atoms with Gasteiger partial charge in [0.1, 0.15) is 0 Å². The van der Waals surface area contributed by atoms with Crippen LogP contribution in [0.25, 0.3) is 0 Å². The van der Waals surface area contributed by atoms with Crippen LogP contribution in [0.2, 0.25) is 0 Å². The summed E-state index contributed by atoms with van der Waals surface area (Å²) in [6.45, 7) is 54.4. The highest BCUT2D eigenvalue weighted by atomic mass is 32.2. The van der Waals surface area contributed by atoms with Gasteiger partial charge in [-0.25, -0.2) is 17.2 Å². The Bertz CT molecular complexity index is 1950. The molecule has 10 nitrogen and oxygen atoms in total. The van der Waals surface area contributed by atoms with Crippen LogP contribution in [0.15, 0.2) is 0 Å². The monoisotopic (exact) mass is 1210 g/mol. The number of hydrogen-bond donors (Lipinski definition) is 2. The largest absolute Gasteiger partial charge is 0.511 e. The Morgan fingerprint density at radius 1 is 0.482 bits per heavy atom. The van der Waals surface area contributed by atoms with E-state index in [2.05, 4.69) is 138 Å². The van der Waals surface area contributed by atoms with Crippen LogP contribution in [0.3, 0.4) is 0 Å². The van der Waals surface area contributed by atoms with Crippen molar-refractivity contribution in [2.24, 2.45) is 142 Å². The Hall–Kier alpha value is -2.07. The van der Waals surface area contributed by atoms with Crippen LogP contribution in [0.1, 0.15) is 211 Å². The topological polar surface area (TPSA) is 136 Å². The van der Waals surface area contributed by atoms with Gasteiger partial charge in [-0.05, 0) is 155 Å². The van der Waals surface area contributed by atoms with Crippen molar-refractivity contribution in [3.05, 3.63) is 0 Å². The highest BCUT2D eigenvalue weighted by Crippen LogP contribution is 2.50. The fraction of sp³-hybridized carbons (Fsp3) is 0.955. The molecule has 0 spiro atoms. The van der Waals surface area contributed by atoms with Crippen LogP contribution in [0.4, 0.5) is 22.0 Å². The number of likely N-dealkylation sites (tertiary alicyclic amines) is 2. The van der Waals surface area contributed by atoms with E-state index in [1.165, 1.54) is 6.42 Å². The lowest BCUT2D eigenvalue weighted by Gasteiger charge is -2.25. The molecule has 6 rings (SSSR count). The summed E-state index contributed by atoms with van der Waals surface area (Å²) in [5.74, 6) is 9.62. The summed E-state index contributed by atoms with van der Waals surface area (Å²) < 4.78 is 87.2. The lowest BCUT2D eigenvalue weighted by molar-refractivity contribution is -0.140. The molecule has 3 aliphatic heterocycles. The molecule has 2 N–H and O–H groups in total. The van der Waals surface area contributed by atoms with Gasteiger partial charge in [-0.1, -0.05) is 166 Å². The van der Waals surface area contributed by atoms with Crippen LogP contribution in [0.5, 0.6) is 0 Å². The van der Waals surface area contributed by atoms with Gasteiger partial charge < -0.3 is 20.0 Å². The quantitative estimate of drug-likeness (QED) is 0.147. The summed E-state index contributed by atoms with van der Waals surface area (Å²) in [6, 6.07) is 0. The molecular weight excluding hydrogens is 1090 g/mol. The number of carbonyl (C=O) groups is 3. The van der Waals surface area contributed by atoms with E-state index in [0.717, 1.165) is 79.8 Å². The molecule has 0 bridgehead atoms. The molecule has 3 saturated carbocycles. The third kappa shape index (κ3) is 24.1. The number of aliphatic hydroxyl groups is 1. The minimum absolute atomic E-state index is 0.00815. The molecule has 12 unspecified atom stereocenters. The number of aliphatic carboxylic acids is 1. The van der Waals surface area contributed by atoms with Crippen molar-refractivity contribution >= 4 is 27.8 Å². The Morgan fingerprint density at radius 3 is 1.04 bits per heavy atom. The van der Waals surface area contributed by atoms with Gasteiger partial charge in [0.2, 0.25) is 17.7 Å². The summed E-state index contributed by atoms with van der Waals surface area (Å²) in [5.41, 5.74) is -5.19. The third-order valence-electron chi connectivity index (χ3n) is 20.2. The molecule has 12 atom stereocenters. The van der Waals surface area contributed by atoms with Crippen LogP contribution in [-0.4, -0.2) is 108 Å². The first-order valence-electron chi connectivity index (χ1n) is 32.6. The van der Waals surface area contributed by atoms with Crippen molar-refractivity contribution in [2.75, 3.05) is 39.8 Å². The minimum atomic E-state index is -5.19. The van der Waals surface area contributed by atoms with Gasteiger partial charge in [-0.3, -0.25) is 14.4 Å². The fourth-order valence-electron chi connectivity index (χ4n) is 14.7. The lowest BCUT2D eigenvalue weighted by Crippen LogP contribution is -2.39. The molecule has 6 fully saturated rings. The Morgan fingerprint density at radius 2 is 0.783 bits per heavy atom. The standard InChI is InChI=1S/C14H25NO3.C11H20F3NO2S.C11H20F2.C11H21NO.C11H22O.C9H18/c1-9(2)11-7-15(8-12(11)10(3)4)13(16)5-6-14(17)18;1-7(2)9-5-15(6-10(9)8(3)4)18(16,17)11(12,13)14;1-7(2)9-5-11(12,13)6-10(9)8(3)4;1-7(2)9-6-12(5)11(13)10(9)8(3)4;1-7(2)10-5-9(12)6-11(10)8(3)4;1-6(2)8-5-9(8)7(3)4/h9-12H,5-8H2,1-4H3,(H,17,18);7-10H,5-6H2,1-4H3;7-10H,5-6H2,1-4H3;7-10H,6H2,1-5H3;7-12H,5-6H2,1-4H3;6-9H,5H2,1-4H3. The van der Waals surface area contributed by atoms with E-state index < -0.39 is 27.4 Å². The highest BCUT2D eigenvalue weighted by molar-refractivity contribution is 7.90. The van der Waals surface area contributed by atoms with Gasteiger partial charge >= 0.3 is 21.5 Å². The second-order valence-corrected chi connectivity index (χ2v) is 32.5. The molecule has 6 aliphatic rings. The number of nitrogens with zero attached hydrogens (tertiary/aromatic N) is 3. The predicted octanol–water partition coefficient (Wildman–Crippen LogP) is 16.5. The van der Waals surface area contributed by atoms with Gasteiger partial charge in [0.05, 0.1) is 12.5 Å². The Balaban J connectivity index is 0.000000505. The highest BCUT2D eigenvalue weighted by Gasteiger charge is 2.54. The molecular formula is C67H126F5N3O7S. The molecule has 2 amide bonds. The molecule has 16 heteroatoms.